The topological polar surface area (TPSA) is 184 Å². The van der Waals surface area contributed by atoms with Crippen LogP contribution in [0.3, 0.4) is 0 Å². The summed E-state index contributed by atoms with van der Waals surface area (Å²) in [5.41, 5.74) is 2.77. The van der Waals surface area contributed by atoms with Crippen LogP contribution in [0, 0.1) is 11.8 Å². The van der Waals surface area contributed by atoms with E-state index in [9.17, 15) is 39.6 Å². The van der Waals surface area contributed by atoms with Gasteiger partial charge in [-0.25, -0.2) is 0 Å². The lowest BCUT2D eigenvalue weighted by atomic mass is 9.59. The number of ether oxygens (including phenoxy) is 1. The van der Waals surface area contributed by atoms with E-state index in [0.717, 1.165) is 0 Å². The van der Waals surface area contributed by atoms with E-state index in [1.54, 1.807) is 6.07 Å². The molecule has 0 aliphatic heterocycles. The number of hydrogen-bond acceptors (Lipinski definition) is 9. The van der Waals surface area contributed by atoms with Gasteiger partial charge in [-0.2, -0.15) is 0 Å². The van der Waals surface area contributed by atoms with E-state index in [1.807, 2.05) is 0 Å². The Labute approximate surface area is 188 Å². The van der Waals surface area contributed by atoms with Crippen molar-refractivity contribution in [2.75, 3.05) is 7.11 Å². The summed E-state index contributed by atoms with van der Waals surface area (Å²) in [5.74, 6) is -7.12. The van der Waals surface area contributed by atoms with Gasteiger partial charge in [-0.3, -0.25) is 19.2 Å². The van der Waals surface area contributed by atoms with Crippen LogP contribution >= 0.6 is 0 Å². The summed E-state index contributed by atoms with van der Waals surface area (Å²) >= 11 is 0. The van der Waals surface area contributed by atoms with Crippen molar-refractivity contribution in [1.82, 2.24) is 0 Å². The van der Waals surface area contributed by atoms with Crippen molar-refractivity contribution < 1.29 is 44.3 Å². The number of ketones is 2. The van der Waals surface area contributed by atoms with Crippen molar-refractivity contribution in [2.24, 2.45) is 17.6 Å². The fourth-order valence-electron chi connectivity index (χ4n) is 5.26. The van der Waals surface area contributed by atoms with Gasteiger partial charge in [-0.1, -0.05) is 6.07 Å². The largest absolute Gasteiger partial charge is 0.508 e. The van der Waals surface area contributed by atoms with Gasteiger partial charge in [0.2, 0.25) is 5.78 Å². The van der Waals surface area contributed by atoms with Crippen molar-refractivity contribution >= 4 is 29.2 Å². The number of aromatic hydroxyl groups is 1. The van der Waals surface area contributed by atoms with E-state index < -0.39 is 58.0 Å². The molecule has 1 aromatic carbocycles. The first-order valence-corrected chi connectivity index (χ1v) is 10.4. The Hall–Kier alpha value is -3.66. The number of phenolic OH excluding ortho intramolecular Hbond substituents is 1. The Kier molecular flexibility index (Phi) is 5.28. The van der Waals surface area contributed by atoms with Crippen molar-refractivity contribution in [3.05, 3.63) is 45.7 Å². The Morgan fingerprint density at radius 3 is 2.52 bits per heavy atom. The standard InChI is InChI=1S/C23H23NO9/c1-33-15(27)5-3-9-2-4-13(25)17-12(9)7-10-6-11-8-14(26)18(22(24)31)21(30)23(11,32)20(29)16(10)19(17)28/h2,4,10-11,25,28,30,32H,3,5-8H2,1H3,(H2,24,31)/t10-,11+,23+/m1/s1. The highest BCUT2D eigenvalue weighted by molar-refractivity contribution is 6.22. The molecule has 0 aromatic heterocycles. The predicted molar refractivity (Wildman–Crippen MR) is 112 cm³/mol. The van der Waals surface area contributed by atoms with E-state index in [2.05, 4.69) is 4.74 Å². The number of nitrogens with two attached hydrogens (primary N) is 1. The minimum Gasteiger partial charge on any atom is -0.508 e. The molecule has 10 heteroatoms. The first-order chi connectivity index (χ1) is 15.5. The Bertz CT molecular complexity index is 1180. The molecule has 0 saturated heterocycles. The maximum Gasteiger partial charge on any atom is 0.305 e. The Balaban J connectivity index is 1.84. The minimum absolute atomic E-state index is 0.00416. The molecule has 10 nitrogen and oxygen atoms in total. The molecule has 0 spiro atoms. The molecule has 3 atom stereocenters. The molecule has 0 bridgehead atoms. The Morgan fingerprint density at radius 1 is 1.18 bits per heavy atom. The number of hydrogen-bond donors (Lipinski definition) is 5. The van der Waals surface area contributed by atoms with Crippen molar-refractivity contribution in [2.45, 2.75) is 37.7 Å². The summed E-state index contributed by atoms with van der Waals surface area (Å²) in [6, 6.07) is 2.95. The zero-order valence-corrected chi connectivity index (χ0v) is 17.8. The van der Waals surface area contributed by atoms with Crippen LogP contribution in [0.1, 0.15) is 36.0 Å². The molecular weight excluding hydrogens is 434 g/mol. The van der Waals surface area contributed by atoms with Gasteiger partial charge in [-0.15, -0.1) is 0 Å². The molecule has 0 heterocycles. The normalized spacial score (nSPS) is 26.5. The number of aliphatic hydroxyl groups is 3. The third-order valence-corrected chi connectivity index (χ3v) is 6.87. The molecule has 6 N–H and O–H groups in total. The van der Waals surface area contributed by atoms with Crippen LogP contribution in [0.5, 0.6) is 5.75 Å². The highest BCUT2D eigenvalue weighted by Crippen LogP contribution is 2.52. The van der Waals surface area contributed by atoms with Crippen LogP contribution < -0.4 is 5.73 Å². The van der Waals surface area contributed by atoms with Crippen LogP contribution in [0.4, 0.5) is 0 Å². The second-order valence-corrected chi connectivity index (χ2v) is 8.58. The Morgan fingerprint density at radius 2 is 1.88 bits per heavy atom. The van der Waals surface area contributed by atoms with Crippen LogP contribution in [0.2, 0.25) is 0 Å². The molecule has 0 radical (unpaired) electrons. The number of carbonyl (C=O) groups is 4. The number of carbonyl (C=O) groups excluding carboxylic acids is 4. The first-order valence-electron chi connectivity index (χ1n) is 10.4. The highest BCUT2D eigenvalue weighted by atomic mass is 16.5. The summed E-state index contributed by atoms with van der Waals surface area (Å²) in [7, 11) is 1.27. The van der Waals surface area contributed by atoms with E-state index in [4.69, 9.17) is 5.73 Å². The molecule has 1 aromatic rings. The fourth-order valence-corrected chi connectivity index (χ4v) is 5.26. The maximum atomic E-state index is 13.4. The number of amides is 1. The van der Waals surface area contributed by atoms with Crippen LogP contribution in [-0.4, -0.2) is 56.6 Å². The third-order valence-electron chi connectivity index (χ3n) is 6.87. The molecule has 3 aliphatic rings. The second kappa shape index (κ2) is 7.73. The van der Waals surface area contributed by atoms with Gasteiger partial charge in [0.25, 0.3) is 5.91 Å². The SMILES string of the molecule is COC(=O)CCc1ccc(O)c2c1C[C@H]1C[C@H]3CC(=O)C(C(N)=O)=C(O)[C@@]3(O)C(=O)C1=C2O. The van der Waals surface area contributed by atoms with E-state index in [-0.39, 0.29) is 49.0 Å². The summed E-state index contributed by atoms with van der Waals surface area (Å²) < 4.78 is 4.66. The average Bonchev–Trinajstić information content (AvgIpc) is 2.75. The fraction of sp³-hybridized carbons (Fsp3) is 0.391. The summed E-state index contributed by atoms with van der Waals surface area (Å²) in [6.07, 6.45) is 0.210. The van der Waals surface area contributed by atoms with E-state index in [1.165, 1.54) is 13.2 Å². The number of esters is 1. The molecule has 33 heavy (non-hydrogen) atoms. The minimum atomic E-state index is -2.59. The molecule has 174 valence electrons. The summed E-state index contributed by atoms with van der Waals surface area (Å²) in [6.45, 7) is 0. The van der Waals surface area contributed by atoms with Crippen molar-refractivity contribution in [1.29, 1.82) is 0 Å². The van der Waals surface area contributed by atoms with Gasteiger partial charge in [0.15, 0.2) is 11.4 Å². The van der Waals surface area contributed by atoms with Crippen molar-refractivity contribution in [3.63, 3.8) is 0 Å². The highest BCUT2D eigenvalue weighted by Gasteiger charge is 2.60. The van der Waals surface area contributed by atoms with Gasteiger partial charge < -0.3 is 30.9 Å². The van der Waals surface area contributed by atoms with Crippen LogP contribution in [0.25, 0.3) is 5.76 Å². The van der Waals surface area contributed by atoms with E-state index in [0.29, 0.717) is 11.1 Å². The zero-order chi connectivity index (χ0) is 24.2. The molecular formula is C23H23NO9. The van der Waals surface area contributed by atoms with Gasteiger partial charge in [0.1, 0.15) is 22.8 Å². The predicted octanol–water partition coefficient (Wildman–Crippen LogP) is 0.529. The number of aliphatic hydroxyl groups excluding tert-OH is 2. The van der Waals surface area contributed by atoms with Gasteiger partial charge >= 0.3 is 5.97 Å². The zero-order valence-electron chi connectivity index (χ0n) is 17.8. The molecule has 1 amide bonds. The molecule has 3 aliphatic carbocycles. The average molecular weight is 457 g/mol. The summed E-state index contributed by atoms with van der Waals surface area (Å²) in [4.78, 5) is 49.0. The number of phenols is 1. The molecule has 4 rings (SSSR count). The lowest BCUT2D eigenvalue weighted by Crippen LogP contribution is -2.58. The van der Waals surface area contributed by atoms with Gasteiger partial charge in [0, 0.05) is 24.3 Å². The molecule has 0 unspecified atom stereocenters. The third kappa shape index (κ3) is 3.20. The number of methoxy groups -OCH3 is 1. The monoisotopic (exact) mass is 457 g/mol. The lowest BCUT2D eigenvalue weighted by Gasteiger charge is -2.46. The number of benzene rings is 1. The smallest absolute Gasteiger partial charge is 0.305 e. The lowest BCUT2D eigenvalue weighted by molar-refractivity contribution is -0.147. The van der Waals surface area contributed by atoms with Crippen molar-refractivity contribution in [3.8, 4) is 5.75 Å². The molecule has 1 saturated carbocycles. The number of fused-ring (bicyclic) bond motifs is 3. The van der Waals surface area contributed by atoms with E-state index >= 15 is 0 Å². The van der Waals surface area contributed by atoms with Gasteiger partial charge in [0.05, 0.1) is 12.7 Å². The van der Waals surface area contributed by atoms with Crippen LogP contribution in [0.15, 0.2) is 29.0 Å². The summed E-state index contributed by atoms with van der Waals surface area (Å²) in [5, 5.41) is 43.2. The quantitative estimate of drug-likeness (QED) is 0.318. The van der Waals surface area contributed by atoms with Gasteiger partial charge in [-0.05, 0) is 42.4 Å². The van der Waals surface area contributed by atoms with Crippen LogP contribution in [-0.2, 0) is 36.8 Å². The number of primary amides is 1. The maximum absolute atomic E-state index is 13.4. The molecule has 1 fully saturated rings. The second-order valence-electron chi connectivity index (χ2n) is 8.58. The first kappa shape index (κ1) is 22.5. The number of Topliss-reactive ketones (excluding diaryl/α,β-unsaturated/α-hetero) is 2. The number of rotatable bonds is 4. The number of aryl methyl sites for hydroxylation is 1.